The molecule has 0 radical (unpaired) electrons. The molecule has 0 aromatic heterocycles. The molecule has 1 aliphatic carbocycles. The average Bonchev–Trinajstić information content (AvgIpc) is 2.78. The van der Waals surface area contributed by atoms with Crippen molar-refractivity contribution >= 4 is 33.6 Å². The van der Waals surface area contributed by atoms with Gasteiger partial charge in [-0.1, -0.05) is 0 Å². The predicted octanol–water partition coefficient (Wildman–Crippen LogP) is 3.15. The molecule has 0 unspecified atom stereocenters. The topological polar surface area (TPSA) is 37.4 Å². The second-order valence-electron chi connectivity index (χ2n) is 7.30. The third kappa shape index (κ3) is 2.71. The zero-order chi connectivity index (χ0) is 16.9. The first kappa shape index (κ1) is 16.2. The molecule has 2 aromatic carbocycles. The quantitative estimate of drug-likeness (QED) is 0.605. The number of nitrogens with zero attached hydrogens (tertiary/aromatic N) is 1. The second kappa shape index (κ2) is 5.48. The Bertz CT molecular complexity index is 832. The van der Waals surface area contributed by atoms with Gasteiger partial charge in [0, 0.05) is 0 Å². The van der Waals surface area contributed by atoms with Crippen molar-refractivity contribution in [3.63, 3.8) is 0 Å². The normalized spacial score (nSPS) is 12.8. The minimum absolute atomic E-state index is 0.0418. The van der Waals surface area contributed by atoms with Crippen LogP contribution in [0.3, 0.4) is 0 Å². The number of fused-ring (bicyclic) bond motifs is 3. The van der Waals surface area contributed by atoms with Gasteiger partial charge in [0.15, 0.2) is 0 Å². The van der Waals surface area contributed by atoms with Crippen LogP contribution in [-0.2, 0) is 0 Å². The van der Waals surface area contributed by atoms with Crippen LogP contribution in [0.5, 0.6) is 0 Å². The monoisotopic (exact) mass is 415 g/mol. The van der Waals surface area contributed by atoms with Gasteiger partial charge in [0.2, 0.25) is 0 Å². The number of carbonyl (C=O) groups excluding carboxylic acids is 2. The SMILES string of the molecule is CN(C)C(=O)c1ccc2c(c1)-c1c[c]([Sn]([CH3])([CH3])[CH3])ccc1C2=O. The van der Waals surface area contributed by atoms with Crippen molar-refractivity contribution in [2.75, 3.05) is 14.1 Å². The van der Waals surface area contributed by atoms with Crippen molar-refractivity contribution in [1.29, 1.82) is 0 Å². The molecule has 0 atom stereocenters. The summed E-state index contributed by atoms with van der Waals surface area (Å²) in [7, 11) is 3.47. The van der Waals surface area contributed by atoms with Crippen LogP contribution in [0.25, 0.3) is 11.1 Å². The summed E-state index contributed by atoms with van der Waals surface area (Å²) in [6.45, 7) is 0. The van der Waals surface area contributed by atoms with Gasteiger partial charge in [-0.3, -0.25) is 0 Å². The Hall–Kier alpha value is -1.62. The third-order valence-electron chi connectivity index (χ3n) is 4.34. The maximum absolute atomic E-state index is 12.6. The number of hydrogen-bond acceptors (Lipinski definition) is 2. The molecule has 23 heavy (non-hydrogen) atoms. The molecule has 0 heterocycles. The summed E-state index contributed by atoms with van der Waals surface area (Å²) < 4.78 is 1.39. The molecule has 3 rings (SSSR count). The Morgan fingerprint density at radius 3 is 2.00 bits per heavy atom. The number of amides is 1. The van der Waals surface area contributed by atoms with E-state index in [1.165, 1.54) is 3.58 Å². The van der Waals surface area contributed by atoms with Gasteiger partial charge in [-0.15, -0.1) is 0 Å². The van der Waals surface area contributed by atoms with E-state index in [4.69, 9.17) is 0 Å². The molecule has 0 saturated carbocycles. The minimum atomic E-state index is -2.21. The van der Waals surface area contributed by atoms with E-state index in [9.17, 15) is 9.59 Å². The molecule has 0 fully saturated rings. The first-order valence-electron chi connectivity index (χ1n) is 7.75. The standard InChI is InChI=1S/C16H12NO2.3CH3.Sn/c1-17(2)16(19)10-7-8-13-14(9-10)11-5-3-4-6-12(11)15(13)18;;;;/h4-9H,1-2H3;3*1H3;. The van der Waals surface area contributed by atoms with Crippen LogP contribution >= 0.6 is 0 Å². The van der Waals surface area contributed by atoms with Gasteiger partial charge in [-0.2, -0.15) is 0 Å². The first-order chi connectivity index (χ1) is 10.7. The van der Waals surface area contributed by atoms with Gasteiger partial charge in [0.25, 0.3) is 0 Å². The van der Waals surface area contributed by atoms with Crippen LogP contribution in [0.1, 0.15) is 26.3 Å². The molecule has 0 bridgehead atoms. The van der Waals surface area contributed by atoms with Crippen LogP contribution in [0.2, 0.25) is 14.8 Å². The summed E-state index contributed by atoms with van der Waals surface area (Å²) in [5.41, 5.74) is 3.97. The van der Waals surface area contributed by atoms with E-state index in [1.54, 1.807) is 31.1 Å². The van der Waals surface area contributed by atoms with Gasteiger partial charge in [0.1, 0.15) is 0 Å². The zero-order valence-electron chi connectivity index (χ0n) is 14.2. The van der Waals surface area contributed by atoms with E-state index in [2.05, 4.69) is 27.0 Å². The molecule has 0 N–H and O–H groups in total. The van der Waals surface area contributed by atoms with Crippen LogP contribution < -0.4 is 3.58 Å². The van der Waals surface area contributed by atoms with Gasteiger partial charge < -0.3 is 0 Å². The Morgan fingerprint density at radius 2 is 1.43 bits per heavy atom. The van der Waals surface area contributed by atoms with Crippen LogP contribution in [0, 0.1) is 0 Å². The van der Waals surface area contributed by atoms with Crippen molar-refractivity contribution in [3.8, 4) is 11.1 Å². The predicted molar refractivity (Wildman–Crippen MR) is 96.3 cm³/mol. The molecule has 3 nitrogen and oxygen atoms in total. The molecule has 1 amide bonds. The summed E-state index contributed by atoms with van der Waals surface area (Å²) in [5, 5.41) is 0. The van der Waals surface area contributed by atoms with E-state index in [-0.39, 0.29) is 11.7 Å². The fourth-order valence-corrected chi connectivity index (χ4v) is 6.25. The average molecular weight is 414 g/mol. The molecule has 4 heteroatoms. The van der Waals surface area contributed by atoms with Crippen LogP contribution in [0.15, 0.2) is 36.4 Å². The zero-order valence-corrected chi connectivity index (χ0v) is 17.1. The van der Waals surface area contributed by atoms with E-state index >= 15 is 0 Å². The molecule has 0 aliphatic heterocycles. The van der Waals surface area contributed by atoms with Crippen molar-refractivity contribution in [2.24, 2.45) is 0 Å². The van der Waals surface area contributed by atoms with Crippen molar-refractivity contribution in [3.05, 3.63) is 53.1 Å². The molecular formula is C19H21NO2Sn. The summed E-state index contributed by atoms with van der Waals surface area (Å²) in [6, 6.07) is 11.7. The number of hydrogen-bond donors (Lipinski definition) is 0. The van der Waals surface area contributed by atoms with Crippen molar-refractivity contribution in [2.45, 2.75) is 14.8 Å². The number of carbonyl (C=O) groups is 2. The van der Waals surface area contributed by atoms with Crippen LogP contribution in [0.4, 0.5) is 0 Å². The molecule has 2 aromatic rings. The summed E-state index contributed by atoms with van der Waals surface area (Å²) in [4.78, 5) is 33.4. The Kier molecular flexibility index (Phi) is 3.87. The van der Waals surface area contributed by atoms with E-state index in [0.29, 0.717) is 11.1 Å². The van der Waals surface area contributed by atoms with Crippen molar-refractivity contribution < 1.29 is 9.59 Å². The molecule has 118 valence electrons. The first-order valence-corrected chi connectivity index (χ1v) is 17.7. The Labute approximate surface area is 141 Å². The number of ketones is 1. The van der Waals surface area contributed by atoms with E-state index < -0.39 is 18.4 Å². The summed E-state index contributed by atoms with van der Waals surface area (Å²) >= 11 is -2.21. The third-order valence-corrected chi connectivity index (χ3v) is 10.2. The van der Waals surface area contributed by atoms with E-state index in [0.717, 1.165) is 16.7 Å². The summed E-state index contributed by atoms with van der Waals surface area (Å²) in [6.07, 6.45) is 0. The summed E-state index contributed by atoms with van der Waals surface area (Å²) in [5.74, 6) is 0.0226. The Balaban J connectivity index is 2.19. The maximum atomic E-state index is 12.6. The Morgan fingerprint density at radius 1 is 0.870 bits per heavy atom. The number of benzene rings is 2. The second-order valence-corrected chi connectivity index (χ2v) is 21.8. The van der Waals surface area contributed by atoms with E-state index in [1.807, 2.05) is 12.1 Å². The fraction of sp³-hybridized carbons (Fsp3) is 0.263. The van der Waals surface area contributed by atoms with Gasteiger partial charge in [-0.05, 0) is 0 Å². The van der Waals surface area contributed by atoms with Crippen molar-refractivity contribution in [1.82, 2.24) is 4.90 Å². The molecular weight excluding hydrogens is 393 g/mol. The number of rotatable bonds is 2. The molecule has 0 saturated heterocycles. The van der Waals surface area contributed by atoms with Gasteiger partial charge in [-0.25, -0.2) is 0 Å². The molecule has 1 aliphatic rings. The van der Waals surface area contributed by atoms with Gasteiger partial charge in [0.05, 0.1) is 0 Å². The molecule has 0 spiro atoms. The van der Waals surface area contributed by atoms with Gasteiger partial charge >= 0.3 is 141 Å². The van der Waals surface area contributed by atoms with Crippen LogP contribution in [-0.4, -0.2) is 49.1 Å². The fourth-order valence-electron chi connectivity index (χ4n) is 2.93.